The lowest BCUT2D eigenvalue weighted by Crippen LogP contribution is -2.25. The van der Waals surface area contributed by atoms with E-state index in [4.69, 9.17) is 0 Å². The van der Waals surface area contributed by atoms with Gasteiger partial charge in [-0.25, -0.2) is 0 Å². The van der Waals surface area contributed by atoms with E-state index >= 15 is 0 Å². The summed E-state index contributed by atoms with van der Waals surface area (Å²) in [6.45, 7) is 0.314. The number of anilines is 2. The first-order chi connectivity index (χ1) is 15.6. The van der Waals surface area contributed by atoms with E-state index < -0.39 is 0 Å². The van der Waals surface area contributed by atoms with Crippen LogP contribution in [0.3, 0.4) is 0 Å². The van der Waals surface area contributed by atoms with Gasteiger partial charge >= 0.3 is 0 Å². The minimum Gasteiger partial charge on any atom is -0.348 e. The topological polar surface area (TPSA) is 87.3 Å². The molecule has 0 saturated heterocycles. The Balaban J connectivity index is 1.32. The lowest BCUT2D eigenvalue weighted by molar-refractivity contribution is -0.118. The molecule has 0 heterocycles. The van der Waals surface area contributed by atoms with Crippen molar-refractivity contribution in [3.63, 3.8) is 0 Å². The van der Waals surface area contributed by atoms with Gasteiger partial charge in [-0.1, -0.05) is 36.4 Å². The quantitative estimate of drug-likeness (QED) is 0.520. The van der Waals surface area contributed by atoms with Crippen LogP contribution in [-0.2, 0) is 16.1 Å². The number of carbonyl (C=O) groups excluding carboxylic acids is 3. The molecule has 0 aliphatic heterocycles. The molecule has 32 heavy (non-hydrogen) atoms. The third kappa shape index (κ3) is 4.64. The van der Waals surface area contributed by atoms with E-state index in [9.17, 15) is 14.4 Å². The zero-order valence-corrected chi connectivity index (χ0v) is 17.7. The van der Waals surface area contributed by atoms with Gasteiger partial charge in [-0.05, 0) is 66.3 Å². The average Bonchev–Trinajstić information content (AvgIpc) is 3.70. The van der Waals surface area contributed by atoms with Crippen molar-refractivity contribution in [3.05, 3.63) is 71.8 Å². The number of hydrogen-bond donors (Lipinski definition) is 3. The van der Waals surface area contributed by atoms with Crippen molar-refractivity contribution in [2.75, 3.05) is 10.6 Å². The Kier molecular flexibility index (Phi) is 5.35. The molecule has 162 valence electrons. The molecule has 0 spiro atoms. The zero-order valence-electron chi connectivity index (χ0n) is 17.7. The first kappa shape index (κ1) is 20.2. The minimum absolute atomic E-state index is 0.0339. The summed E-state index contributed by atoms with van der Waals surface area (Å²) >= 11 is 0. The van der Waals surface area contributed by atoms with Crippen LogP contribution < -0.4 is 16.0 Å². The Bertz CT molecular complexity index is 1210. The van der Waals surface area contributed by atoms with Gasteiger partial charge in [0.05, 0.1) is 11.3 Å². The van der Waals surface area contributed by atoms with Gasteiger partial charge in [0, 0.05) is 24.1 Å². The van der Waals surface area contributed by atoms with Crippen molar-refractivity contribution in [2.24, 2.45) is 11.8 Å². The molecule has 0 atom stereocenters. The molecule has 0 bridgehead atoms. The molecule has 2 fully saturated rings. The number of benzene rings is 3. The first-order valence-electron chi connectivity index (χ1n) is 11.1. The predicted molar refractivity (Wildman–Crippen MR) is 124 cm³/mol. The molecule has 3 aromatic carbocycles. The molecule has 6 heteroatoms. The fourth-order valence-corrected chi connectivity index (χ4v) is 3.74. The summed E-state index contributed by atoms with van der Waals surface area (Å²) in [5.74, 6) is -0.0531. The standard InChI is InChI=1S/C26H25N3O3/c30-24(17-8-9-17)28-21-7-3-4-16(12-21)15-27-26(32)22-13-19-5-1-2-6-20(19)14-23(22)29-25(31)18-10-11-18/h1-7,12-14,17-18H,8-11,15H2,(H,27,32)(H,28,30)(H,29,31). The van der Waals surface area contributed by atoms with Gasteiger partial charge in [0.2, 0.25) is 11.8 Å². The van der Waals surface area contributed by atoms with Gasteiger partial charge in [-0.3, -0.25) is 14.4 Å². The van der Waals surface area contributed by atoms with Crippen molar-refractivity contribution in [1.82, 2.24) is 5.32 Å². The highest BCUT2D eigenvalue weighted by Crippen LogP contribution is 2.32. The summed E-state index contributed by atoms with van der Waals surface area (Å²) in [6, 6.07) is 18.9. The van der Waals surface area contributed by atoms with E-state index in [1.54, 1.807) is 0 Å². The highest BCUT2D eigenvalue weighted by atomic mass is 16.2. The zero-order chi connectivity index (χ0) is 22.1. The van der Waals surface area contributed by atoms with E-state index in [1.807, 2.05) is 60.7 Å². The Hall–Kier alpha value is -3.67. The molecule has 3 N–H and O–H groups in total. The van der Waals surface area contributed by atoms with E-state index in [-0.39, 0.29) is 29.6 Å². The SMILES string of the molecule is O=C(NCc1cccc(NC(=O)C2CC2)c1)c1cc2ccccc2cc1NC(=O)C1CC1. The molecule has 0 aromatic heterocycles. The van der Waals surface area contributed by atoms with Crippen molar-refractivity contribution in [3.8, 4) is 0 Å². The number of fused-ring (bicyclic) bond motifs is 1. The summed E-state index contributed by atoms with van der Waals surface area (Å²) in [5, 5.41) is 10.7. The molecule has 3 aromatic rings. The van der Waals surface area contributed by atoms with Crippen LogP contribution in [0.5, 0.6) is 0 Å². The number of amides is 3. The highest BCUT2D eigenvalue weighted by molar-refractivity contribution is 6.08. The van der Waals surface area contributed by atoms with Crippen molar-refractivity contribution in [2.45, 2.75) is 32.2 Å². The van der Waals surface area contributed by atoms with E-state index in [1.165, 1.54) is 0 Å². The molecule has 3 amide bonds. The monoisotopic (exact) mass is 427 g/mol. The number of hydrogen-bond acceptors (Lipinski definition) is 3. The number of nitrogens with one attached hydrogen (secondary N) is 3. The largest absolute Gasteiger partial charge is 0.348 e. The molecular weight excluding hydrogens is 402 g/mol. The molecule has 2 aliphatic carbocycles. The third-order valence-electron chi connectivity index (χ3n) is 5.93. The molecule has 6 nitrogen and oxygen atoms in total. The predicted octanol–water partition coefficient (Wildman–Crippen LogP) is 4.47. The molecule has 5 rings (SSSR count). The first-order valence-corrected chi connectivity index (χ1v) is 11.1. The maximum absolute atomic E-state index is 13.1. The van der Waals surface area contributed by atoms with Gasteiger partial charge in [-0.15, -0.1) is 0 Å². The summed E-state index contributed by atoms with van der Waals surface area (Å²) in [5.41, 5.74) is 2.59. The molecule has 0 radical (unpaired) electrons. The van der Waals surface area contributed by atoms with Crippen molar-refractivity contribution >= 4 is 39.9 Å². The lowest BCUT2D eigenvalue weighted by atomic mass is 10.0. The fourth-order valence-electron chi connectivity index (χ4n) is 3.74. The Morgan fingerprint density at radius 1 is 0.750 bits per heavy atom. The van der Waals surface area contributed by atoms with Crippen LogP contribution in [0.15, 0.2) is 60.7 Å². The Morgan fingerprint density at radius 3 is 2.09 bits per heavy atom. The molecular formula is C26H25N3O3. The number of carbonyl (C=O) groups is 3. The van der Waals surface area contributed by atoms with E-state index in [0.29, 0.717) is 17.8 Å². The van der Waals surface area contributed by atoms with Gasteiger partial charge in [0.1, 0.15) is 0 Å². The number of rotatable bonds is 7. The molecule has 2 saturated carbocycles. The van der Waals surface area contributed by atoms with Crippen LogP contribution in [0.1, 0.15) is 41.6 Å². The minimum atomic E-state index is -0.255. The van der Waals surface area contributed by atoms with Crippen molar-refractivity contribution < 1.29 is 14.4 Å². The second-order valence-corrected chi connectivity index (χ2v) is 8.66. The van der Waals surface area contributed by atoms with Crippen LogP contribution in [0.25, 0.3) is 10.8 Å². The fraction of sp³-hybridized carbons (Fsp3) is 0.269. The smallest absolute Gasteiger partial charge is 0.253 e. The maximum Gasteiger partial charge on any atom is 0.253 e. The van der Waals surface area contributed by atoms with Gasteiger partial charge in [0.15, 0.2) is 0 Å². The highest BCUT2D eigenvalue weighted by Gasteiger charge is 2.31. The van der Waals surface area contributed by atoms with Crippen molar-refractivity contribution in [1.29, 1.82) is 0 Å². The van der Waals surface area contributed by atoms with Gasteiger partial charge in [-0.2, -0.15) is 0 Å². The third-order valence-corrected chi connectivity index (χ3v) is 5.93. The summed E-state index contributed by atoms with van der Waals surface area (Å²) in [7, 11) is 0. The molecule has 0 unspecified atom stereocenters. The van der Waals surface area contributed by atoms with Gasteiger partial charge < -0.3 is 16.0 Å². The van der Waals surface area contributed by atoms with E-state index in [2.05, 4.69) is 16.0 Å². The second-order valence-electron chi connectivity index (χ2n) is 8.66. The normalized spacial score (nSPS) is 15.2. The van der Waals surface area contributed by atoms with E-state index in [0.717, 1.165) is 47.7 Å². The Labute approximate surface area is 186 Å². The van der Waals surface area contributed by atoms with Gasteiger partial charge in [0.25, 0.3) is 5.91 Å². The van der Waals surface area contributed by atoms with Crippen LogP contribution in [-0.4, -0.2) is 17.7 Å². The molecule has 2 aliphatic rings. The van der Waals surface area contributed by atoms with Crippen LogP contribution in [0.4, 0.5) is 11.4 Å². The lowest BCUT2D eigenvalue weighted by Gasteiger charge is -2.14. The Morgan fingerprint density at radius 2 is 1.41 bits per heavy atom. The van der Waals surface area contributed by atoms with Crippen LogP contribution in [0, 0.1) is 11.8 Å². The summed E-state index contributed by atoms with van der Waals surface area (Å²) < 4.78 is 0. The summed E-state index contributed by atoms with van der Waals surface area (Å²) in [4.78, 5) is 37.4. The summed E-state index contributed by atoms with van der Waals surface area (Å²) in [6.07, 6.45) is 3.70. The van der Waals surface area contributed by atoms with Crippen LogP contribution in [0.2, 0.25) is 0 Å². The average molecular weight is 428 g/mol. The second kappa shape index (κ2) is 8.46. The van der Waals surface area contributed by atoms with Crippen LogP contribution >= 0.6 is 0 Å². The maximum atomic E-state index is 13.1.